The van der Waals surface area contributed by atoms with E-state index in [1.165, 1.54) is 27.1 Å². The summed E-state index contributed by atoms with van der Waals surface area (Å²) in [6, 6.07) is 38.8. The number of pyridine rings is 1. The number of rotatable bonds is 3. The molecule has 0 saturated carbocycles. The van der Waals surface area contributed by atoms with Gasteiger partial charge in [-0.25, -0.2) is 4.98 Å². The Bertz CT molecular complexity index is 2300. The minimum Gasteiger partial charge on any atom is -0.348 e. The maximum Gasteiger partial charge on any atom is 0.241 e. The molecule has 43 heavy (non-hydrogen) atoms. The molecule has 8 rings (SSSR count). The number of aromatic nitrogens is 5. The number of hydrogen-bond donors (Lipinski definition) is 0. The van der Waals surface area contributed by atoms with Gasteiger partial charge in [-0.05, 0) is 23.1 Å². The van der Waals surface area contributed by atoms with Gasteiger partial charge in [0.2, 0.25) is 6.33 Å². The third-order valence-electron chi connectivity index (χ3n) is 8.06. The van der Waals surface area contributed by atoms with Crippen molar-refractivity contribution in [2.75, 3.05) is 0 Å². The summed E-state index contributed by atoms with van der Waals surface area (Å²) in [5.74, 6) is 0. The van der Waals surface area contributed by atoms with Gasteiger partial charge in [-0.1, -0.05) is 74.2 Å². The average molecular weight is 739 g/mol. The third-order valence-corrected chi connectivity index (χ3v) is 8.06. The van der Waals surface area contributed by atoms with E-state index < -0.39 is 0 Å². The molecule has 0 unspecified atom stereocenters. The standard InChI is InChI=1S/C37H29N5.Pt/c1-37(2,3)34-32-28-17-8-10-19-30(28)41(25-13-6-5-7-14-25)35(32)38-36-33(34)29-18-9-11-20-31(29)42(36)27-16-12-15-26(23-27)40-22-21-39(4)24-40;/h5-13,15-22H,1-4H3;/q-2;. The molecule has 0 bridgehead atoms. The molecule has 0 radical (unpaired) electrons. The Balaban J connectivity index is 0.00000300. The van der Waals surface area contributed by atoms with Crippen LogP contribution in [0.1, 0.15) is 26.3 Å². The molecule has 0 atom stereocenters. The Morgan fingerprint density at radius 3 is 1.86 bits per heavy atom. The molecule has 214 valence electrons. The first-order valence-corrected chi connectivity index (χ1v) is 14.2. The van der Waals surface area contributed by atoms with E-state index in [4.69, 9.17) is 4.98 Å². The molecule has 0 saturated heterocycles. The van der Waals surface area contributed by atoms with Gasteiger partial charge in [-0.3, -0.25) is 0 Å². The molecule has 4 aromatic carbocycles. The van der Waals surface area contributed by atoms with Crippen molar-refractivity contribution >= 4 is 43.9 Å². The van der Waals surface area contributed by atoms with Gasteiger partial charge >= 0.3 is 0 Å². The summed E-state index contributed by atoms with van der Waals surface area (Å²) in [6.45, 7) is 6.92. The predicted molar refractivity (Wildman–Crippen MR) is 169 cm³/mol. The Hall–Kier alpha value is -4.47. The number of imidazole rings is 1. The van der Waals surface area contributed by atoms with Gasteiger partial charge < -0.3 is 18.3 Å². The molecule has 0 aliphatic heterocycles. The van der Waals surface area contributed by atoms with Gasteiger partial charge in [0.05, 0.1) is 18.1 Å². The van der Waals surface area contributed by atoms with Gasteiger partial charge in [0.1, 0.15) is 11.3 Å². The fourth-order valence-electron chi connectivity index (χ4n) is 6.40. The van der Waals surface area contributed by atoms with Gasteiger partial charge in [-0.15, -0.1) is 12.1 Å². The van der Waals surface area contributed by atoms with E-state index in [1.54, 1.807) is 0 Å². The van der Waals surface area contributed by atoms with Gasteiger partial charge in [0.25, 0.3) is 0 Å². The van der Waals surface area contributed by atoms with E-state index in [-0.39, 0.29) is 26.5 Å². The molecule has 0 fully saturated rings. The van der Waals surface area contributed by atoms with Crippen LogP contribution >= 0.6 is 0 Å². The third kappa shape index (κ3) is 4.17. The van der Waals surface area contributed by atoms with Crippen molar-refractivity contribution in [3.05, 3.63) is 127 Å². The number of fused-ring (bicyclic) bond motifs is 6. The van der Waals surface area contributed by atoms with Crippen LogP contribution in [0.3, 0.4) is 0 Å². The second kappa shape index (κ2) is 10.1. The number of benzene rings is 4. The zero-order valence-corrected chi connectivity index (χ0v) is 26.6. The van der Waals surface area contributed by atoms with Crippen LogP contribution in [0.15, 0.2) is 103 Å². The molecular formula is C37H29N5Pt-2. The number of hydrogen-bond acceptors (Lipinski definition) is 1. The molecule has 4 aromatic heterocycles. The minimum atomic E-state index is -0.163. The van der Waals surface area contributed by atoms with E-state index in [0.717, 1.165) is 39.4 Å². The van der Waals surface area contributed by atoms with Crippen molar-refractivity contribution in [2.24, 2.45) is 7.05 Å². The Kier molecular flexibility index (Phi) is 6.41. The zero-order valence-electron chi connectivity index (χ0n) is 24.4. The summed E-state index contributed by atoms with van der Waals surface area (Å²) in [7, 11) is 1.97. The quantitative estimate of drug-likeness (QED) is 0.136. The first kappa shape index (κ1) is 27.4. The topological polar surface area (TPSA) is 31.6 Å². The van der Waals surface area contributed by atoms with E-state index in [0.29, 0.717) is 0 Å². The zero-order chi connectivity index (χ0) is 28.6. The molecule has 0 aliphatic rings. The minimum absolute atomic E-state index is 0. The second-order valence-electron chi connectivity index (χ2n) is 11.9. The van der Waals surface area contributed by atoms with Crippen molar-refractivity contribution in [3.8, 4) is 17.1 Å². The van der Waals surface area contributed by atoms with Crippen molar-refractivity contribution in [2.45, 2.75) is 26.2 Å². The first-order valence-electron chi connectivity index (χ1n) is 14.2. The van der Waals surface area contributed by atoms with E-state index in [9.17, 15) is 0 Å². The fourth-order valence-corrected chi connectivity index (χ4v) is 6.40. The van der Waals surface area contributed by atoms with Crippen molar-refractivity contribution in [1.82, 2.24) is 18.7 Å². The van der Waals surface area contributed by atoms with Gasteiger partial charge in [-0.2, -0.15) is 42.5 Å². The number of para-hydroxylation sites is 3. The maximum atomic E-state index is 5.55. The van der Waals surface area contributed by atoms with Crippen LogP contribution in [-0.2, 0) is 33.5 Å². The van der Waals surface area contributed by atoms with Crippen molar-refractivity contribution in [3.63, 3.8) is 0 Å². The van der Waals surface area contributed by atoms with Crippen LogP contribution in [0.4, 0.5) is 0 Å². The smallest absolute Gasteiger partial charge is 0.241 e. The molecule has 4 heterocycles. The SMILES string of the molecule is C[n+]1[c-]n(-c2[c-]c(-n3c4ccccc4c4c(C(C)(C)C)c5c6ccccc6n(-c6[c-]cccc6)c5nc43)ccc2)cc1.[Pt]. The number of aryl methyl sites for hydroxylation is 1. The van der Waals surface area contributed by atoms with Crippen LogP contribution in [0.5, 0.6) is 0 Å². The van der Waals surface area contributed by atoms with Crippen LogP contribution in [0.25, 0.3) is 60.9 Å². The summed E-state index contributed by atoms with van der Waals surface area (Å²) in [5.41, 5.74) is 8.05. The van der Waals surface area contributed by atoms with E-state index >= 15 is 0 Å². The summed E-state index contributed by atoms with van der Waals surface area (Å²) in [5, 5.41) is 4.76. The Morgan fingerprint density at radius 1 is 0.698 bits per heavy atom. The van der Waals surface area contributed by atoms with Crippen LogP contribution in [0.2, 0.25) is 0 Å². The Labute approximate surface area is 264 Å². The predicted octanol–water partition coefficient (Wildman–Crippen LogP) is 7.59. The molecule has 5 nitrogen and oxygen atoms in total. The van der Waals surface area contributed by atoms with Crippen LogP contribution < -0.4 is 4.57 Å². The number of nitrogens with zero attached hydrogens (tertiary/aromatic N) is 5. The summed E-state index contributed by atoms with van der Waals surface area (Å²) in [6.07, 6.45) is 7.28. The molecule has 0 N–H and O–H groups in total. The monoisotopic (exact) mass is 738 g/mol. The average Bonchev–Trinajstić information content (AvgIpc) is 3.67. The molecule has 0 spiro atoms. The summed E-state index contributed by atoms with van der Waals surface area (Å²) >= 11 is 0. The molecule has 6 heteroatoms. The van der Waals surface area contributed by atoms with E-state index in [2.05, 4.69) is 127 Å². The van der Waals surface area contributed by atoms with Crippen molar-refractivity contribution < 1.29 is 25.6 Å². The molecule has 0 aliphatic carbocycles. The summed E-state index contributed by atoms with van der Waals surface area (Å²) < 4.78 is 8.40. The second-order valence-corrected chi connectivity index (χ2v) is 11.9. The first-order chi connectivity index (χ1) is 20.4. The van der Waals surface area contributed by atoms with Crippen molar-refractivity contribution in [1.29, 1.82) is 0 Å². The fraction of sp³-hybridized carbons (Fsp3) is 0.135. The van der Waals surface area contributed by atoms with Crippen LogP contribution in [0, 0.1) is 18.5 Å². The van der Waals surface area contributed by atoms with Gasteiger partial charge in [0, 0.05) is 55.0 Å². The summed E-state index contributed by atoms with van der Waals surface area (Å²) in [4.78, 5) is 5.55. The largest absolute Gasteiger partial charge is 0.348 e. The van der Waals surface area contributed by atoms with E-state index in [1.807, 2.05) is 40.7 Å². The maximum absolute atomic E-state index is 5.55. The molecule has 8 aromatic rings. The normalized spacial score (nSPS) is 12.0. The Morgan fingerprint density at radius 2 is 1.28 bits per heavy atom. The molecule has 0 amide bonds. The van der Waals surface area contributed by atoms with Crippen LogP contribution in [-0.4, -0.2) is 18.7 Å². The van der Waals surface area contributed by atoms with Gasteiger partial charge in [0.15, 0.2) is 0 Å². The molecular weight excluding hydrogens is 710 g/mol.